The summed E-state index contributed by atoms with van der Waals surface area (Å²) >= 11 is 0. The van der Waals surface area contributed by atoms with Crippen molar-refractivity contribution < 1.29 is 26.4 Å². The Hall–Kier alpha value is -0.296. The summed E-state index contributed by atoms with van der Waals surface area (Å²) in [6.45, 7) is 3.66. The molecule has 0 aliphatic carbocycles. The molecule has 2 nitrogen and oxygen atoms in total. The van der Waals surface area contributed by atoms with Gasteiger partial charge in [0.15, 0.2) is 0 Å². The van der Waals surface area contributed by atoms with E-state index in [1.165, 1.54) is 25.7 Å². The van der Waals surface area contributed by atoms with E-state index in [9.17, 15) is 4.79 Å². The maximum absolute atomic E-state index is 10.2. The van der Waals surface area contributed by atoms with Crippen molar-refractivity contribution in [3.63, 3.8) is 0 Å². The van der Waals surface area contributed by atoms with Gasteiger partial charge in [0.1, 0.15) is 0 Å². The third-order valence-electron chi connectivity index (χ3n) is 2.05. The van der Waals surface area contributed by atoms with Gasteiger partial charge < -0.3 is 5.11 Å². The average Bonchev–Trinajstić information content (AvgIpc) is 2.09. The van der Waals surface area contributed by atoms with Gasteiger partial charge in [-0.25, -0.2) is 0 Å². The van der Waals surface area contributed by atoms with E-state index in [0.717, 1.165) is 19.3 Å². The predicted molar refractivity (Wildman–Crippen MR) is 54.8 cm³/mol. The summed E-state index contributed by atoms with van der Waals surface area (Å²) in [5, 5.41) is 8.38. The van der Waals surface area contributed by atoms with Gasteiger partial charge in [-0.1, -0.05) is 31.8 Å². The topological polar surface area (TPSA) is 37.3 Å². The Bertz CT molecular complexity index is 146. The number of carboxylic acids is 1. The van der Waals surface area contributed by atoms with Gasteiger partial charge in [0.25, 0.3) is 0 Å². The second kappa shape index (κ2) is 12.7. The molecule has 0 aromatic rings. The molecule has 3 heteroatoms. The quantitative estimate of drug-likeness (QED) is 0.383. The molecule has 0 radical (unpaired) electrons. The van der Waals surface area contributed by atoms with Crippen molar-refractivity contribution in [3.05, 3.63) is 12.7 Å². The molecule has 14 heavy (non-hydrogen) atoms. The molecule has 0 aliphatic rings. The summed E-state index contributed by atoms with van der Waals surface area (Å²) in [6.07, 6.45) is 10.1. The average molecular weight is 243 g/mol. The zero-order valence-corrected chi connectivity index (χ0v) is 9.60. The van der Waals surface area contributed by atoms with Crippen molar-refractivity contribution in [2.45, 2.75) is 51.4 Å². The van der Waals surface area contributed by atoms with Crippen LogP contribution in [0.3, 0.4) is 0 Å². The molecule has 0 rings (SSSR count). The monoisotopic (exact) mass is 242 g/mol. The van der Waals surface area contributed by atoms with Crippen LogP contribution >= 0.6 is 0 Å². The van der Waals surface area contributed by atoms with Gasteiger partial charge in [-0.2, -0.15) is 0 Å². The number of hydrogen-bond donors (Lipinski definition) is 1. The zero-order valence-electron chi connectivity index (χ0n) is 8.61. The summed E-state index contributed by atoms with van der Waals surface area (Å²) in [6, 6.07) is 0. The second-order valence-electron chi connectivity index (χ2n) is 3.34. The summed E-state index contributed by atoms with van der Waals surface area (Å²) in [5.74, 6) is -0.674. The number of aliphatic carboxylic acids is 1. The molecule has 0 aromatic carbocycles. The van der Waals surface area contributed by atoms with Crippen molar-refractivity contribution in [2.75, 3.05) is 0 Å². The number of allylic oxidation sites excluding steroid dienone is 1. The predicted octanol–water partition coefficient (Wildman–Crippen LogP) is 3.38. The fourth-order valence-electron chi connectivity index (χ4n) is 1.27. The van der Waals surface area contributed by atoms with Crippen LogP contribution in [-0.2, 0) is 21.3 Å². The Labute approximate surface area is 96.7 Å². The molecular formula is C11H20NiO2. The van der Waals surface area contributed by atoms with Crippen LogP contribution in [0.15, 0.2) is 12.7 Å². The number of rotatable bonds is 9. The SMILES string of the molecule is C=CCCCCCCCCC(=O)O.[Ni]. The molecule has 0 saturated carbocycles. The van der Waals surface area contributed by atoms with Crippen molar-refractivity contribution in [3.8, 4) is 0 Å². The minimum atomic E-state index is -0.674. The van der Waals surface area contributed by atoms with E-state index < -0.39 is 5.97 Å². The summed E-state index contributed by atoms with van der Waals surface area (Å²) in [7, 11) is 0. The molecule has 0 aliphatic heterocycles. The van der Waals surface area contributed by atoms with Gasteiger partial charge in [-0.3, -0.25) is 4.79 Å². The minimum Gasteiger partial charge on any atom is -0.481 e. The van der Waals surface area contributed by atoms with E-state index in [1.807, 2.05) is 6.08 Å². The largest absolute Gasteiger partial charge is 0.481 e. The maximum Gasteiger partial charge on any atom is 0.303 e. The van der Waals surface area contributed by atoms with Gasteiger partial charge in [0, 0.05) is 22.9 Å². The van der Waals surface area contributed by atoms with Crippen molar-refractivity contribution >= 4 is 5.97 Å². The summed E-state index contributed by atoms with van der Waals surface area (Å²) < 4.78 is 0. The number of carbonyl (C=O) groups is 1. The van der Waals surface area contributed by atoms with Crippen molar-refractivity contribution in [2.24, 2.45) is 0 Å². The third-order valence-corrected chi connectivity index (χ3v) is 2.05. The first kappa shape index (κ1) is 16.1. The first-order valence-electron chi connectivity index (χ1n) is 5.10. The number of carboxylic acid groups (broad SMARTS) is 1. The van der Waals surface area contributed by atoms with E-state index in [4.69, 9.17) is 5.11 Å². The van der Waals surface area contributed by atoms with E-state index in [2.05, 4.69) is 6.58 Å². The van der Waals surface area contributed by atoms with E-state index in [1.54, 1.807) is 0 Å². The fourth-order valence-corrected chi connectivity index (χ4v) is 1.27. The molecule has 0 amide bonds. The van der Waals surface area contributed by atoms with Crippen LogP contribution in [0.2, 0.25) is 0 Å². The molecule has 0 spiro atoms. The van der Waals surface area contributed by atoms with Gasteiger partial charge >= 0.3 is 5.97 Å². The van der Waals surface area contributed by atoms with E-state index in [0.29, 0.717) is 6.42 Å². The van der Waals surface area contributed by atoms with E-state index >= 15 is 0 Å². The standard InChI is InChI=1S/C11H20O2.Ni/c1-2-3-4-5-6-7-8-9-10-11(12)13;/h2H,1,3-10H2,(H,12,13);. The molecular weight excluding hydrogens is 223 g/mol. The van der Waals surface area contributed by atoms with Gasteiger partial charge in [0.05, 0.1) is 0 Å². The molecule has 0 saturated heterocycles. The number of hydrogen-bond acceptors (Lipinski definition) is 1. The molecule has 0 heterocycles. The molecule has 86 valence electrons. The van der Waals surface area contributed by atoms with Crippen molar-refractivity contribution in [1.29, 1.82) is 0 Å². The molecule has 1 N–H and O–H groups in total. The van der Waals surface area contributed by atoms with Crippen LogP contribution in [0.5, 0.6) is 0 Å². The molecule has 0 bridgehead atoms. The van der Waals surface area contributed by atoms with Crippen molar-refractivity contribution in [1.82, 2.24) is 0 Å². The molecule has 0 atom stereocenters. The van der Waals surface area contributed by atoms with Crippen LogP contribution in [0.1, 0.15) is 51.4 Å². The summed E-state index contributed by atoms with van der Waals surface area (Å²) in [4.78, 5) is 10.2. The third kappa shape index (κ3) is 14.2. The van der Waals surface area contributed by atoms with Crippen LogP contribution in [0.25, 0.3) is 0 Å². The first-order chi connectivity index (χ1) is 6.27. The van der Waals surface area contributed by atoms with Gasteiger partial charge in [0.2, 0.25) is 0 Å². The Balaban J connectivity index is 0. The Kier molecular flexibility index (Phi) is 14.7. The van der Waals surface area contributed by atoms with Gasteiger partial charge in [-0.15, -0.1) is 6.58 Å². The molecule has 0 unspecified atom stereocenters. The Morgan fingerprint density at radius 2 is 1.57 bits per heavy atom. The number of unbranched alkanes of at least 4 members (excludes halogenated alkanes) is 6. The smallest absolute Gasteiger partial charge is 0.303 e. The van der Waals surface area contributed by atoms with Gasteiger partial charge in [-0.05, 0) is 19.3 Å². The van der Waals surface area contributed by atoms with Crippen LogP contribution in [-0.4, -0.2) is 11.1 Å². The molecule has 0 aromatic heterocycles. The van der Waals surface area contributed by atoms with E-state index in [-0.39, 0.29) is 16.5 Å². The first-order valence-corrected chi connectivity index (χ1v) is 5.10. The van der Waals surface area contributed by atoms with Crippen LogP contribution < -0.4 is 0 Å². The zero-order chi connectivity index (χ0) is 9.94. The Morgan fingerprint density at radius 1 is 1.07 bits per heavy atom. The Morgan fingerprint density at radius 3 is 2.07 bits per heavy atom. The fraction of sp³-hybridized carbons (Fsp3) is 0.727. The van der Waals surface area contributed by atoms with Crippen LogP contribution in [0, 0.1) is 0 Å². The second-order valence-corrected chi connectivity index (χ2v) is 3.34. The summed E-state index contributed by atoms with van der Waals surface area (Å²) in [5.41, 5.74) is 0. The minimum absolute atomic E-state index is 0. The molecule has 0 fully saturated rings. The van der Waals surface area contributed by atoms with Crippen LogP contribution in [0.4, 0.5) is 0 Å². The normalized spacial score (nSPS) is 9.14. The maximum atomic E-state index is 10.2.